The van der Waals surface area contributed by atoms with Gasteiger partial charge in [-0.3, -0.25) is 4.98 Å². The number of pyridine rings is 1. The van der Waals surface area contributed by atoms with Crippen LogP contribution in [-0.2, 0) is 4.74 Å². The zero-order chi connectivity index (χ0) is 12.2. The number of nitrogens with one attached hydrogen (secondary N) is 1. The van der Waals surface area contributed by atoms with Crippen molar-refractivity contribution in [3.05, 3.63) is 42.5 Å². The Morgan fingerprint density at radius 1 is 1.11 bits per heavy atom. The fraction of sp³-hybridized carbons (Fsp3) is 0.308. The average Bonchev–Trinajstić information content (AvgIpc) is 2.49. The van der Waals surface area contributed by atoms with Crippen molar-refractivity contribution >= 4 is 0 Å². The molecule has 1 fully saturated rings. The first-order valence-electron chi connectivity index (χ1n) is 5.99. The van der Waals surface area contributed by atoms with Crippen LogP contribution in [0.15, 0.2) is 36.7 Å². The molecule has 0 aromatic carbocycles. The summed E-state index contributed by atoms with van der Waals surface area (Å²) in [6, 6.07) is 7.73. The van der Waals surface area contributed by atoms with Crippen LogP contribution in [0.1, 0.15) is 11.9 Å². The van der Waals surface area contributed by atoms with Gasteiger partial charge in [0.25, 0.3) is 0 Å². The van der Waals surface area contributed by atoms with Gasteiger partial charge in [-0.25, -0.2) is 9.97 Å². The van der Waals surface area contributed by atoms with Crippen molar-refractivity contribution in [1.29, 1.82) is 0 Å². The van der Waals surface area contributed by atoms with Crippen molar-refractivity contribution in [1.82, 2.24) is 20.3 Å². The fourth-order valence-corrected chi connectivity index (χ4v) is 1.93. The first-order valence-corrected chi connectivity index (χ1v) is 5.99. The lowest BCUT2D eigenvalue weighted by Gasteiger charge is -2.22. The second-order valence-corrected chi connectivity index (χ2v) is 4.10. The maximum atomic E-state index is 5.42. The van der Waals surface area contributed by atoms with E-state index < -0.39 is 0 Å². The van der Waals surface area contributed by atoms with Crippen molar-refractivity contribution in [3.63, 3.8) is 0 Å². The topological polar surface area (TPSA) is 59.9 Å². The number of hydrogen-bond acceptors (Lipinski definition) is 5. The first-order chi connectivity index (χ1) is 8.93. The van der Waals surface area contributed by atoms with Gasteiger partial charge in [-0.05, 0) is 18.2 Å². The molecule has 1 unspecified atom stereocenters. The highest BCUT2D eigenvalue weighted by molar-refractivity contribution is 5.52. The van der Waals surface area contributed by atoms with Gasteiger partial charge >= 0.3 is 0 Å². The fourth-order valence-electron chi connectivity index (χ4n) is 1.93. The van der Waals surface area contributed by atoms with E-state index in [2.05, 4.69) is 20.3 Å². The normalized spacial score (nSPS) is 19.7. The van der Waals surface area contributed by atoms with Crippen LogP contribution in [0.5, 0.6) is 0 Å². The third-order valence-electron chi connectivity index (χ3n) is 2.83. The summed E-state index contributed by atoms with van der Waals surface area (Å²) in [5.41, 5.74) is 1.70. The van der Waals surface area contributed by atoms with Crippen LogP contribution in [0.25, 0.3) is 11.4 Å². The van der Waals surface area contributed by atoms with Crippen LogP contribution in [-0.4, -0.2) is 34.7 Å². The quantitative estimate of drug-likeness (QED) is 0.857. The third-order valence-corrected chi connectivity index (χ3v) is 2.83. The SMILES string of the molecule is c1ccc(-c2ccnc(C3COCCN3)n2)nc1. The standard InChI is InChI=1S/C13H14N4O/c1-2-5-14-10(3-1)11-4-6-16-13(17-11)12-9-18-8-7-15-12/h1-6,12,15H,7-9H2. The number of nitrogens with zero attached hydrogens (tertiary/aromatic N) is 3. The zero-order valence-corrected chi connectivity index (χ0v) is 9.91. The molecule has 0 saturated carbocycles. The van der Waals surface area contributed by atoms with Crippen molar-refractivity contribution in [2.75, 3.05) is 19.8 Å². The highest BCUT2D eigenvalue weighted by Crippen LogP contribution is 2.16. The average molecular weight is 242 g/mol. The summed E-state index contributed by atoms with van der Waals surface area (Å²) in [6.45, 7) is 2.20. The summed E-state index contributed by atoms with van der Waals surface area (Å²) in [6.07, 6.45) is 3.53. The molecule has 3 rings (SSSR count). The smallest absolute Gasteiger partial charge is 0.148 e. The van der Waals surface area contributed by atoms with E-state index in [1.54, 1.807) is 12.4 Å². The number of ether oxygens (including phenoxy) is 1. The molecule has 0 bridgehead atoms. The molecule has 1 atom stereocenters. The first kappa shape index (κ1) is 11.3. The molecule has 92 valence electrons. The lowest BCUT2D eigenvalue weighted by molar-refractivity contribution is 0.0742. The molecule has 0 aliphatic carbocycles. The van der Waals surface area contributed by atoms with E-state index in [0.29, 0.717) is 6.61 Å². The monoisotopic (exact) mass is 242 g/mol. The maximum absolute atomic E-state index is 5.42. The van der Waals surface area contributed by atoms with E-state index >= 15 is 0 Å². The van der Waals surface area contributed by atoms with Crippen molar-refractivity contribution in [2.45, 2.75) is 6.04 Å². The van der Waals surface area contributed by atoms with Crippen LogP contribution >= 0.6 is 0 Å². The van der Waals surface area contributed by atoms with Crippen LogP contribution < -0.4 is 5.32 Å². The molecule has 1 aliphatic heterocycles. The van der Waals surface area contributed by atoms with Crippen LogP contribution in [0.4, 0.5) is 0 Å². The largest absolute Gasteiger partial charge is 0.378 e. The minimum atomic E-state index is 0.0717. The Hall–Kier alpha value is -1.85. The van der Waals surface area contributed by atoms with Gasteiger partial charge in [0.1, 0.15) is 5.82 Å². The van der Waals surface area contributed by atoms with Crippen molar-refractivity contribution in [2.24, 2.45) is 0 Å². The molecule has 0 radical (unpaired) electrons. The molecule has 2 aromatic heterocycles. The van der Waals surface area contributed by atoms with Gasteiger partial charge < -0.3 is 10.1 Å². The Kier molecular flexibility index (Phi) is 3.25. The predicted octanol–water partition coefficient (Wildman–Crippen LogP) is 1.20. The van der Waals surface area contributed by atoms with E-state index in [-0.39, 0.29) is 6.04 Å². The summed E-state index contributed by atoms with van der Waals surface area (Å²) in [7, 11) is 0. The second-order valence-electron chi connectivity index (χ2n) is 4.10. The Bertz CT molecular complexity index is 511. The van der Waals surface area contributed by atoms with E-state index in [1.165, 1.54) is 0 Å². The van der Waals surface area contributed by atoms with Crippen LogP contribution in [0.2, 0.25) is 0 Å². The highest BCUT2D eigenvalue weighted by Gasteiger charge is 2.18. The number of rotatable bonds is 2. The Balaban J connectivity index is 1.89. The van der Waals surface area contributed by atoms with Gasteiger partial charge in [0.15, 0.2) is 0 Å². The predicted molar refractivity (Wildman–Crippen MR) is 66.8 cm³/mol. The van der Waals surface area contributed by atoms with Gasteiger partial charge in [-0.2, -0.15) is 0 Å². The Labute approximate surface area is 105 Å². The molecule has 5 nitrogen and oxygen atoms in total. The summed E-state index contributed by atoms with van der Waals surface area (Å²) in [5.74, 6) is 0.762. The van der Waals surface area contributed by atoms with E-state index in [9.17, 15) is 0 Å². The molecule has 0 spiro atoms. The molecule has 1 saturated heterocycles. The number of morpholine rings is 1. The minimum Gasteiger partial charge on any atom is -0.378 e. The van der Waals surface area contributed by atoms with Crippen LogP contribution in [0, 0.1) is 0 Å². The molecule has 2 aromatic rings. The molecular formula is C13H14N4O. The molecule has 0 amide bonds. The maximum Gasteiger partial charge on any atom is 0.148 e. The van der Waals surface area contributed by atoms with Crippen molar-refractivity contribution in [3.8, 4) is 11.4 Å². The second kappa shape index (κ2) is 5.20. The molecule has 5 heteroatoms. The lowest BCUT2D eigenvalue weighted by Crippen LogP contribution is -2.35. The number of aromatic nitrogens is 3. The van der Waals surface area contributed by atoms with E-state index in [1.807, 2.05) is 24.3 Å². The zero-order valence-electron chi connectivity index (χ0n) is 9.91. The summed E-state index contributed by atoms with van der Waals surface area (Å²) < 4.78 is 5.42. The highest BCUT2D eigenvalue weighted by atomic mass is 16.5. The molecule has 1 aliphatic rings. The summed E-state index contributed by atoms with van der Waals surface area (Å²) in [5, 5.41) is 3.34. The molecule has 18 heavy (non-hydrogen) atoms. The Morgan fingerprint density at radius 2 is 2.11 bits per heavy atom. The molecule has 3 heterocycles. The summed E-state index contributed by atoms with van der Waals surface area (Å²) in [4.78, 5) is 13.2. The van der Waals surface area contributed by atoms with E-state index in [4.69, 9.17) is 4.74 Å². The molecular weight excluding hydrogens is 228 g/mol. The third kappa shape index (κ3) is 2.37. The minimum absolute atomic E-state index is 0.0717. The number of hydrogen-bond donors (Lipinski definition) is 1. The molecule has 1 N–H and O–H groups in total. The van der Waals surface area contributed by atoms with Gasteiger partial charge in [-0.15, -0.1) is 0 Å². The lowest BCUT2D eigenvalue weighted by atomic mass is 10.2. The van der Waals surface area contributed by atoms with Crippen molar-refractivity contribution < 1.29 is 4.74 Å². The summed E-state index contributed by atoms with van der Waals surface area (Å²) >= 11 is 0. The van der Waals surface area contributed by atoms with Gasteiger partial charge in [0, 0.05) is 18.9 Å². The van der Waals surface area contributed by atoms with Gasteiger partial charge in [0.2, 0.25) is 0 Å². The Morgan fingerprint density at radius 3 is 2.89 bits per heavy atom. The van der Waals surface area contributed by atoms with Crippen LogP contribution in [0.3, 0.4) is 0 Å². The van der Waals surface area contributed by atoms with Gasteiger partial charge in [0.05, 0.1) is 30.6 Å². The van der Waals surface area contributed by atoms with Gasteiger partial charge in [-0.1, -0.05) is 6.07 Å². The van der Waals surface area contributed by atoms with E-state index in [0.717, 1.165) is 30.4 Å².